The minimum absolute atomic E-state index is 0.852. The SMILES string of the molecule is c1ccc(-c2cccc(N(c3ccc(-c4cccc5c6c7ccccc7oc6n(-c6ccccc6)c45)cc3)c3cccc4c3oc3ccccc34)c2)cc1. The molecular weight excluding hydrogens is 661 g/mol. The van der Waals surface area contributed by atoms with Crippen molar-refractivity contribution >= 4 is 72.0 Å². The number of aromatic nitrogens is 1. The van der Waals surface area contributed by atoms with Gasteiger partial charge in [0.05, 0.1) is 16.6 Å². The zero-order valence-electron chi connectivity index (χ0n) is 29.2. The normalized spacial score (nSPS) is 11.7. The molecule has 0 N–H and O–H groups in total. The molecule has 0 saturated heterocycles. The van der Waals surface area contributed by atoms with Gasteiger partial charge in [-0.15, -0.1) is 0 Å². The second-order valence-corrected chi connectivity index (χ2v) is 13.7. The van der Waals surface area contributed by atoms with E-state index in [1.54, 1.807) is 0 Å². The van der Waals surface area contributed by atoms with Gasteiger partial charge in [-0.2, -0.15) is 0 Å². The fraction of sp³-hybridized carbons (Fsp3) is 0. The largest absolute Gasteiger partial charge is 0.454 e. The van der Waals surface area contributed by atoms with Crippen LogP contribution in [0.1, 0.15) is 0 Å². The predicted molar refractivity (Wildman–Crippen MR) is 223 cm³/mol. The van der Waals surface area contributed by atoms with Crippen LogP contribution >= 0.6 is 0 Å². The number of rotatable bonds is 6. The highest BCUT2D eigenvalue weighted by Crippen LogP contribution is 2.45. The number of para-hydroxylation sites is 5. The van der Waals surface area contributed by atoms with Gasteiger partial charge in [-0.1, -0.05) is 140 Å². The van der Waals surface area contributed by atoms with E-state index in [2.05, 4.69) is 179 Å². The molecule has 0 amide bonds. The van der Waals surface area contributed by atoms with Crippen LogP contribution in [0.15, 0.2) is 203 Å². The van der Waals surface area contributed by atoms with E-state index in [1.165, 1.54) is 5.56 Å². The molecule has 0 atom stereocenters. The third-order valence-corrected chi connectivity index (χ3v) is 10.6. The van der Waals surface area contributed by atoms with Crippen molar-refractivity contribution in [2.45, 2.75) is 0 Å². The summed E-state index contributed by atoms with van der Waals surface area (Å²) in [7, 11) is 0. The van der Waals surface area contributed by atoms with Crippen molar-refractivity contribution in [1.29, 1.82) is 0 Å². The maximum Gasteiger partial charge on any atom is 0.213 e. The minimum atomic E-state index is 0.852. The van der Waals surface area contributed by atoms with Gasteiger partial charge < -0.3 is 13.7 Å². The van der Waals surface area contributed by atoms with Gasteiger partial charge in [0.2, 0.25) is 5.71 Å². The molecule has 54 heavy (non-hydrogen) atoms. The molecular formula is C50H32N2O2. The molecule has 0 saturated carbocycles. The molecule has 3 heterocycles. The first-order valence-corrected chi connectivity index (χ1v) is 18.3. The summed E-state index contributed by atoms with van der Waals surface area (Å²) < 4.78 is 15.5. The number of benzene rings is 8. The van der Waals surface area contributed by atoms with E-state index in [0.717, 1.165) is 94.4 Å². The minimum Gasteiger partial charge on any atom is -0.454 e. The lowest BCUT2D eigenvalue weighted by molar-refractivity contribution is 0.645. The summed E-state index contributed by atoms with van der Waals surface area (Å²) in [6.45, 7) is 0. The molecule has 0 unspecified atom stereocenters. The summed E-state index contributed by atoms with van der Waals surface area (Å²) in [5.41, 5.74) is 13.3. The average Bonchev–Trinajstić information content (AvgIpc) is 3.91. The summed E-state index contributed by atoms with van der Waals surface area (Å²) in [5.74, 6) is 0. The van der Waals surface area contributed by atoms with E-state index in [1.807, 2.05) is 24.3 Å². The van der Waals surface area contributed by atoms with Crippen molar-refractivity contribution < 1.29 is 8.83 Å². The molecule has 11 rings (SSSR count). The third-order valence-electron chi connectivity index (χ3n) is 10.6. The van der Waals surface area contributed by atoms with Crippen LogP contribution in [-0.2, 0) is 0 Å². The Balaban J connectivity index is 1.11. The molecule has 254 valence electrons. The lowest BCUT2D eigenvalue weighted by Gasteiger charge is -2.26. The molecule has 8 aromatic carbocycles. The molecule has 0 aliphatic carbocycles. The number of furan rings is 2. The lowest BCUT2D eigenvalue weighted by atomic mass is 10.0. The number of nitrogens with zero attached hydrogens (tertiary/aromatic N) is 2. The van der Waals surface area contributed by atoms with Crippen LogP contribution in [0.4, 0.5) is 17.1 Å². The van der Waals surface area contributed by atoms with Gasteiger partial charge in [0.25, 0.3) is 0 Å². The van der Waals surface area contributed by atoms with Gasteiger partial charge in [-0.3, -0.25) is 4.57 Å². The Morgan fingerprint density at radius 2 is 1.04 bits per heavy atom. The van der Waals surface area contributed by atoms with Crippen LogP contribution in [0.25, 0.3) is 82.9 Å². The number of hydrogen-bond acceptors (Lipinski definition) is 3. The van der Waals surface area contributed by atoms with Crippen molar-refractivity contribution in [2.24, 2.45) is 0 Å². The number of hydrogen-bond donors (Lipinski definition) is 0. The standard InChI is InChI=1S/C50H32N2O2/c1-3-14-33(15-4-1)35-16-11-19-38(32-35)51(44-25-13-23-41-40-20-7-9-26-45(40)53-49(41)44)37-30-28-34(29-31-37)39-22-12-24-43-47-42-21-8-10-27-46(42)54-50(47)52(48(39)43)36-17-5-2-6-18-36/h1-32H. The van der Waals surface area contributed by atoms with Crippen LogP contribution < -0.4 is 4.90 Å². The molecule has 3 aromatic heterocycles. The Hall–Kier alpha value is -7.30. The summed E-state index contributed by atoms with van der Waals surface area (Å²) in [6, 6.07) is 68.3. The quantitative estimate of drug-likeness (QED) is 0.174. The zero-order valence-corrected chi connectivity index (χ0v) is 29.2. The molecule has 4 heteroatoms. The fourth-order valence-corrected chi connectivity index (χ4v) is 8.18. The van der Waals surface area contributed by atoms with E-state index in [9.17, 15) is 0 Å². The highest BCUT2D eigenvalue weighted by Gasteiger charge is 2.23. The Labute approximate surface area is 311 Å². The van der Waals surface area contributed by atoms with Crippen LogP contribution in [-0.4, -0.2) is 4.57 Å². The van der Waals surface area contributed by atoms with Crippen molar-refractivity contribution in [3.63, 3.8) is 0 Å². The highest BCUT2D eigenvalue weighted by atomic mass is 16.3. The van der Waals surface area contributed by atoms with E-state index in [-0.39, 0.29) is 0 Å². The zero-order chi connectivity index (χ0) is 35.6. The predicted octanol–water partition coefficient (Wildman–Crippen LogP) is 14.2. The second-order valence-electron chi connectivity index (χ2n) is 13.7. The topological polar surface area (TPSA) is 34.5 Å². The van der Waals surface area contributed by atoms with Crippen molar-refractivity contribution in [3.8, 4) is 27.9 Å². The van der Waals surface area contributed by atoms with Crippen LogP contribution in [0.3, 0.4) is 0 Å². The maximum absolute atomic E-state index is 6.62. The van der Waals surface area contributed by atoms with E-state index in [0.29, 0.717) is 0 Å². The van der Waals surface area contributed by atoms with Gasteiger partial charge >= 0.3 is 0 Å². The molecule has 0 bridgehead atoms. The van der Waals surface area contributed by atoms with Crippen LogP contribution in [0.5, 0.6) is 0 Å². The third kappa shape index (κ3) is 4.70. The molecule has 0 radical (unpaired) electrons. The Bertz CT molecular complexity index is 3150. The van der Waals surface area contributed by atoms with E-state index < -0.39 is 0 Å². The van der Waals surface area contributed by atoms with E-state index in [4.69, 9.17) is 8.83 Å². The summed E-state index contributed by atoms with van der Waals surface area (Å²) in [5, 5.41) is 5.61. The molecule has 4 nitrogen and oxygen atoms in total. The average molecular weight is 693 g/mol. The first kappa shape index (κ1) is 30.3. The van der Waals surface area contributed by atoms with Gasteiger partial charge in [-0.25, -0.2) is 0 Å². The van der Waals surface area contributed by atoms with Gasteiger partial charge in [0, 0.05) is 44.2 Å². The monoisotopic (exact) mass is 692 g/mol. The molecule has 11 aromatic rings. The first-order chi connectivity index (χ1) is 26.8. The summed E-state index contributed by atoms with van der Waals surface area (Å²) in [6.07, 6.45) is 0. The maximum atomic E-state index is 6.62. The van der Waals surface area contributed by atoms with Gasteiger partial charge in [0.15, 0.2) is 5.58 Å². The Kier molecular flexibility index (Phi) is 6.82. The summed E-state index contributed by atoms with van der Waals surface area (Å²) in [4.78, 5) is 2.31. The number of anilines is 3. The lowest BCUT2D eigenvalue weighted by Crippen LogP contribution is -2.10. The van der Waals surface area contributed by atoms with E-state index >= 15 is 0 Å². The molecule has 0 aliphatic rings. The smallest absolute Gasteiger partial charge is 0.213 e. The van der Waals surface area contributed by atoms with Crippen molar-refractivity contribution in [1.82, 2.24) is 4.57 Å². The Morgan fingerprint density at radius 1 is 0.407 bits per heavy atom. The summed E-state index contributed by atoms with van der Waals surface area (Å²) >= 11 is 0. The van der Waals surface area contributed by atoms with Gasteiger partial charge in [0.1, 0.15) is 11.2 Å². The number of fused-ring (bicyclic) bond motifs is 8. The van der Waals surface area contributed by atoms with Gasteiger partial charge in [-0.05, 0) is 71.3 Å². The fourth-order valence-electron chi connectivity index (χ4n) is 8.18. The molecule has 0 aliphatic heterocycles. The van der Waals surface area contributed by atoms with Crippen LogP contribution in [0.2, 0.25) is 0 Å². The second kappa shape index (κ2) is 12.1. The molecule has 0 fully saturated rings. The van der Waals surface area contributed by atoms with Crippen molar-refractivity contribution in [2.75, 3.05) is 4.90 Å². The Morgan fingerprint density at radius 3 is 1.85 bits per heavy atom. The molecule has 0 spiro atoms. The highest BCUT2D eigenvalue weighted by molar-refractivity contribution is 6.22. The van der Waals surface area contributed by atoms with Crippen molar-refractivity contribution in [3.05, 3.63) is 194 Å². The van der Waals surface area contributed by atoms with Crippen LogP contribution in [0, 0.1) is 0 Å². The first-order valence-electron chi connectivity index (χ1n) is 18.3.